The summed E-state index contributed by atoms with van der Waals surface area (Å²) in [7, 11) is 0. The van der Waals surface area contributed by atoms with Crippen LogP contribution in [-0.2, 0) is 4.79 Å². The molecule has 2 fully saturated rings. The SMILES string of the molecule is C[C@@H]1C2C(=O)N(c3cc(Br)c(F)cc3[N+](=O)[O-])[C@H](c3ccccc3O)C21. The molecule has 8 heteroatoms. The number of hydrogen-bond acceptors (Lipinski definition) is 4. The third-order valence-corrected chi connectivity index (χ3v) is 5.95. The molecule has 1 aliphatic carbocycles. The number of hydrogen-bond donors (Lipinski definition) is 1. The molecular formula is C18H14BrFN2O4. The minimum Gasteiger partial charge on any atom is -0.508 e. The van der Waals surface area contributed by atoms with E-state index in [0.717, 1.165) is 6.07 Å². The van der Waals surface area contributed by atoms with Crippen LogP contribution in [0.3, 0.4) is 0 Å². The van der Waals surface area contributed by atoms with E-state index in [9.17, 15) is 24.4 Å². The molecule has 26 heavy (non-hydrogen) atoms. The molecule has 2 aromatic carbocycles. The predicted octanol–water partition coefficient (Wildman–Crippen LogP) is 4.17. The van der Waals surface area contributed by atoms with Gasteiger partial charge in [-0.2, -0.15) is 0 Å². The third-order valence-electron chi connectivity index (χ3n) is 5.34. The molecule has 6 nitrogen and oxygen atoms in total. The number of carbonyl (C=O) groups excluding carboxylic acids is 1. The number of fused-ring (bicyclic) bond motifs is 1. The summed E-state index contributed by atoms with van der Waals surface area (Å²) in [6.45, 7) is 1.95. The molecule has 0 bridgehead atoms. The number of nitrogens with zero attached hydrogens (tertiary/aromatic N) is 2. The van der Waals surface area contributed by atoms with Crippen molar-refractivity contribution in [2.45, 2.75) is 13.0 Å². The van der Waals surface area contributed by atoms with Crippen LogP contribution in [0.2, 0.25) is 0 Å². The summed E-state index contributed by atoms with van der Waals surface area (Å²) in [6, 6.07) is 8.18. The van der Waals surface area contributed by atoms with Gasteiger partial charge >= 0.3 is 0 Å². The normalized spacial score (nSPS) is 26.7. The maximum atomic E-state index is 13.8. The summed E-state index contributed by atoms with van der Waals surface area (Å²) >= 11 is 3.04. The number of rotatable bonds is 3. The highest BCUT2D eigenvalue weighted by Crippen LogP contribution is 2.64. The Kier molecular flexibility index (Phi) is 3.76. The summed E-state index contributed by atoms with van der Waals surface area (Å²) in [5.74, 6) is -1.14. The Labute approximate surface area is 156 Å². The van der Waals surface area contributed by atoms with Gasteiger partial charge in [0.15, 0.2) is 0 Å². The van der Waals surface area contributed by atoms with E-state index in [1.54, 1.807) is 18.2 Å². The maximum Gasteiger partial charge on any atom is 0.295 e. The van der Waals surface area contributed by atoms with E-state index in [-0.39, 0.29) is 39.6 Å². The zero-order valence-electron chi connectivity index (χ0n) is 13.6. The summed E-state index contributed by atoms with van der Waals surface area (Å²) in [5.41, 5.74) is 0.0850. The summed E-state index contributed by atoms with van der Waals surface area (Å²) in [4.78, 5) is 25.0. The fourth-order valence-corrected chi connectivity index (χ4v) is 4.39. The lowest BCUT2D eigenvalue weighted by molar-refractivity contribution is -0.384. The highest BCUT2D eigenvalue weighted by molar-refractivity contribution is 9.10. The van der Waals surface area contributed by atoms with E-state index in [1.807, 2.05) is 6.92 Å². The first-order valence-electron chi connectivity index (χ1n) is 8.07. The lowest BCUT2D eigenvalue weighted by Crippen LogP contribution is -2.33. The van der Waals surface area contributed by atoms with Gasteiger partial charge in [-0.15, -0.1) is 0 Å². The van der Waals surface area contributed by atoms with Crippen molar-refractivity contribution in [2.75, 3.05) is 4.90 Å². The van der Waals surface area contributed by atoms with E-state index >= 15 is 0 Å². The first-order chi connectivity index (χ1) is 12.3. The van der Waals surface area contributed by atoms with Crippen molar-refractivity contribution in [2.24, 2.45) is 17.8 Å². The second-order valence-electron chi connectivity index (χ2n) is 6.69. The molecule has 4 atom stereocenters. The fourth-order valence-electron chi connectivity index (χ4n) is 4.05. The number of piperidine rings is 1. The molecule has 4 rings (SSSR count). The van der Waals surface area contributed by atoms with Crippen LogP contribution in [0.5, 0.6) is 5.75 Å². The number of carbonyl (C=O) groups is 1. The van der Waals surface area contributed by atoms with Gasteiger partial charge in [0.25, 0.3) is 5.69 Å². The molecule has 1 saturated heterocycles. The van der Waals surface area contributed by atoms with Crippen molar-refractivity contribution in [3.8, 4) is 5.75 Å². The van der Waals surface area contributed by atoms with Gasteiger partial charge in [0, 0.05) is 11.5 Å². The largest absolute Gasteiger partial charge is 0.508 e. The van der Waals surface area contributed by atoms with Gasteiger partial charge in [0.05, 0.1) is 21.5 Å². The molecule has 0 spiro atoms. The summed E-state index contributed by atoms with van der Waals surface area (Å²) in [5, 5.41) is 21.7. The van der Waals surface area contributed by atoms with E-state index < -0.39 is 22.5 Å². The Morgan fingerprint density at radius 3 is 2.65 bits per heavy atom. The number of aromatic hydroxyl groups is 1. The number of nitro groups is 1. The van der Waals surface area contributed by atoms with Crippen LogP contribution in [-0.4, -0.2) is 15.9 Å². The predicted molar refractivity (Wildman–Crippen MR) is 95.2 cm³/mol. The Morgan fingerprint density at radius 1 is 1.31 bits per heavy atom. The molecular weight excluding hydrogens is 407 g/mol. The van der Waals surface area contributed by atoms with Crippen LogP contribution in [0, 0.1) is 33.7 Å². The fraction of sp³-hybridized carbons (Fsp3) is 0.278. The Hall–Kier alpha value is -2.48. The first kappa shape index (κ1) is 17.0. The van der Waals surface area contributed by atoms with Gasteiger partial charge in [-0.3, -0.25) is 19.8 Å². The zero-order chi connectivity index (χ0) is 18.7. The molecule has 2 aliphatic rings. The van der Waals surface area contributed by atoms with Gasteiger partial charge in [0.1, 0.15) is 17.3 Å². The molecule has 1 heterocycles. The topological polar surface area (TPSA) is 83.7 Å². The number of anilines is 1. The Morgan fingerprint density at radius 2 is 2.00 bits per heavy atom. The molecule has 1 N–H and O–H groups in total. The first-order valence-corrected chi connectivity index (χ1v) is 8.86. The molecule has 2 aromatic rings. The standard InChI is InChI=1S/C18H14BrFN2O4/c1-8-15-16(8)18(24)21(17(15)9-4-2-3-5-14(9)23)12-6-10(19)11(20)7-13(12)22(25)26/h2-8,15-17,23H,1H3/t8-,15?,16?,17+/m0/s1. The minimum atomic E-state index is -0.773. The van der Waals surface area contributed by atoms with Gasteiger partial charge in [-0.25, -0.2) is 4.39 Å². The van der Waals surface area contributed by atoms with Gasteiger partial charge < -0.3 is 5.11 Å². The molecule has 1 amide bonds. The van der Waals surface area contributed by atoms with Crippen molar-refractivity contribution >= 4 is 33.2 Å². The van der Waals surface area contributed by atoms with Crippen LogP contribution in [0.15, 0.2) is 40.9 Å². The average Bonchev–Trinajstić information content (AvgIpc) is 3.14. The molecule has 1 saturated carbocycles. The number of phenols is 1. The van der Waals surface area contributed by atoms with Crippen molar-refractivity contribution in [1.82, 2.24) is 0 Å². The minimum absolute atomic E-state index is 0.0267. The monoisotopic (exact) mass is 420 g/mol. The van der Waals surface area contributed by atoms with Crippen molar-refractivity contribution in [1.29, 1.82) is 0 Å². The number of benzene rings is 2. The zero-order valence-corrected chi connectivity index (χ0v) is 15.2. The Bertz CT molecular complexity index is 951. The van der Waals surface area contributed by atoms with E-state index in [4.69, 9.17) is 0 Å². The van der Waals surface area contributed by atoms with Crippen LogP contribution in [0.25, 0.3) is 0 Å². The van der Waals surface area contributed by atoms with E-state index in [0.29, 0.717) is 5.56 Å². The van der Waals surface area contributed by atoms with Gasteiger partial charge in [-0.1, -0.05) is 25.1 Å². The smallest absolute Gasteiger partial charge is 0.295 e. The highest BCUT2D eigenvalue weighted by Gasteiger charge is 2.66. The number of phenolic OH excluding ortho intramolecular Hbond substituents is 1. The number of nitro benzene ring substituents is 1. The lowest BCUT2D eigenvalue weighted by Gasteiger charge is -2.29. The van der Waals surface area contributed by atoms with Crippen LogP contribution in [0.1, 0.15) is 18.5 Å². The molecule has 0 aromatic heterocycles. The lowest BCUT2D eigenvalue weighted by atomic mass is 9.99. The second-order valence-corrected chi connectivity index (χ2v) is 7.54. The second kappa shape index (κ2) is 5.77. The quantitative estimate of drug-likeness (QED) is 0.596. The van der Waals surface area contributed by atoms with Crippen LogP contribution in [0.4, 0.5) is 15.8 Å². The van der Waals surface area contributed by atoms with E-state index in [2.05, 4.69) is 15.9 Å². The van der Waals surface area contributed by atoms with Crippen molar-refractivity contribution in [3.63, 3.8) is 0 Å². The van der Waals surface area contributed by atoms with Crippen LogP contribution >= 0.6 is 15.9 Å². The van der Waals surface area contributed by atoms with Crippen molar-refractivity contribution in [3.05, 3.63) is 62.4 Å². The number of amides is 1. The van der Waals surface area contributed by atoms with Gasteiger partial charge in [0.2, 0.25) is 5.91 Å². The summed E-state index contributed by atoms with van der Waals surface area (Å²) < 4.78 is 13.9. The molecule has 0 radical (unpaired) electrons. The van der Waals surface area contributed by atoms with Crippen LogP contribution < -0.4 is 4.90 Å². The number of para-hydroxylation sites is 1. The number of halogens is 2. The Balaban J connectivity index is 1.90. The maximum absolute atomic E-state index is 13.8. The van der Waals surface area contributed by atoms with Gasteiger partial charge in [-0.05, 0) is 39.9 Å². The average molecular weight is 421 g/mol. The molecule has 1 aliphatic heterocycles. The van der Waals surface area contributed by atoms with Crippen molar-refractivity contribution < 1.29 is 19.2 Å². The molecule has 134 valence electrons. The highest BCUT2D eigenvalue weighted by atomic mass is 79.9. The molecule has 2 unspecified atom stereocenters. The third kappa shape index (κ3) is 2.32. The van der Waals surface area contributed by atoms with E-state index in [1.165, 1.54) is 17.0 Å². The summed E-state index contributed by atoms with van der Waals surface area (Å²) in [6.07, 6.45) is 0.